The zero-order chi connectivity index (χ0) is 12.7. The number of benzene rings is 1. The average Bonchev–Trinajstić information content (AvgIpc) is 3.00. The van der Waals surface area contributed by atoms with Crippen LogP contribution in [-0.2, 0) is 0 Å². The number of nitrogens with two attached hydrogens (primary N) is 1. The van der Waals surface area contributed by atoms with Gasteiger partial charge in [-0.2, -0.15) is 0 Å². The molecule has 1 aromatic rings. The number of amidine groups is 1. The van der Waals surface area contributed by atoms with E-state index in [0.717, 1.165) is 18.2 Å². The SMILES string of the molecule is NC(=NO)c1cc(F)ccc1N1CC2CCC1C2. The normalized spacial score (nSPS) is 26.9. The van der Waals surface area contributed by atoms with Gasteiger partial charge < -0.3 is 15.8 Å². The number of nitrogens with zero attached hydrogens (tertiary/aromatic N) is 2. The van der Waals surface area contributed by atoms with Crippen molar-refractivity contribution in [2.75, 3.05) is 11.4 Å². The number of rotatable bonds is 2. The minimum Gasteiger partial charge on any atom is -0.409 e. The van der Waals surface area contributed by atoms with Gasteiger partial charge in [-0.25, -0.2) is 4.39 Å². The zero-order valence-corrected chi connectivity index (χ0v) is 10.0. The Morgan fingerprint density at radius 3 is 2.89 bits per heavy atom. The van der Waals surface area contributed by atoms with Crippen molar-refractivity contribution in [2.24, 2.45) is 16.8 Å². The summed E-state index contributed by atoms with van der Waals surface area (Å²) in [6, 6.07) is 5.00. The fraction of sp³-hybridized carbons (Fsp3) is 0.462. The van der Waals surface area contributed by atoms with E-state index in [1.807, 2.05) is 0 Å². The Labute approximate surface area is 105 Å². The second-order valence-corrected chi connectivity index (χ2v) is 5.13. The Morgan fingerprint density at radius 2 is 2.28 bits per heavy atom. The first-order chi connectivity index (χ1) is 8.69. The highest BCUT2D eigenvalue weighted by molar-refractivity contribution is 6.02. The second kappa shape index (κ2) is 4.15. The smallest absolute Gasteiger partial charge is 0.172 e. The van der Waals surface area contributed by atoms with Gasteiger partial charge in [0.1, 0.15) is 5.82 Å². The van der Waals surface area contributed by atoms with E-state index in [1.165, 1.54) is 31.4 Å². The van der Waals surface area contributed by atoms with Crippen molar-refractivity contribution >= 4 is 11.5 Å². The molecule has 2 atom stereocenters. The van der Waals surface area contributed by atoms with Crippen LogP contribution in [0.5, 0.6) is 0 Å². The number of oxime groups is 1. The van der Waals surface area contributed by atoms with E-state index in [2.05, 4.69) is 10.1 Å². The lowest BCUT2D eigenvalue weighted by Crippen LogP contribution is -2.33. The van der Waals surface area contributed by atoms with Crippen LogP contribution in [0.2, 0.25) is 0 Å². The number of anilines is 1. The first-order valence-corrected chi connectivity index (χ1v) is 6.23. The Kier molecular flexibility index (Phi) is 2.61. The standard InChI is InChI=1S/C13H16FN3O/c14-9-2-4-12(11(6-9)13(15)16-18)17-7-8-1-3-10(17)5-8/h2,4,6,8,10,18H,1,3,5,7H2,(H2,15,16). The summed E-state index contributed by atoms with van der Waals surface area (Å²) in [6.45, 7) is 0.988. The third-order valence-electron chi connectivity index (χ3n) is 4.06. The maximum atomic E-state index is 13.3. The molecule has 18 heavy (non-hydrogen) atoms. The van der Waals surface area contributed by atoms with Crippen LogP contribution < -0.4 is 10.6 Å². The van der Waals surface area contributed by atoms with Crippen molar-refractivity contribution in [2.45, 2.75) is 25.3 Å². The Morgan fingerprint density at radius 1 is 1.44 bits per heavy atom. The summed E-state index contributed by atoms with van der Waals surface area (Å²) >= 11 is 0. The van der Waals surface area contributed by atoms with E-state index < -0.39 is 0 Å². The molecule has 2 bridgehead atoms. The van der Waals surface area contributed by atoms with Crippen LogP contribution in [0.3, 0.4) is 0 Å². The van der Waals surface area contributed by atoms with Crippen LogP contribution in [0.1, 0.15) is 24.8 Å². The fourth-order valence-electron chi connectivity index (χ4n) is 3.24. The maximum absolute atomic E-state index is 13.3. The number of halogens is 1. The van der Waals surface area contributed by atoms with Gasteiger partial charge in [0.05, 0.1) is 0 Å². The van der Waals surface area contributed by atoms with Crippen LogP contribution in [0, 0.1) is 11.7 Å². The molecule has 3 rings (SSSR count). The molecule has 3 N–H and O–H groups in total. The van der Waals surface area contributed by atoms with Gasteiger partial charge in [0.25, 0.3) is 0 Å². The number of piperidine rings is 1. The summed E-state index contributed by atoms with van der Waals surface area (Å²) in [6.07, 6.45) is 3.66. The van der Waals surface area contributed by atoms with E-state index in [9.17, 15) is 4.39 Å². The molecule has 1 aromatic carbocycles. The van der Waals surface area contributed by atoms with Crippen LogP contribution >= 0.6 is 0 Å². The van der Waals surface area contributed by atoms with E-state index >= 15 is 0 Å². The number of fused-ring (bicyclic) bond motifs is 2. The molecule has 2 fully saturated rings. The number of hydrogen-bond acceptors (Lipinski definition) is 3. The van der Waals surface area contributed by atoms with Crippen LogP contribution in [0.4, 0.5) is 10.1 Å². The summed E-state index contributed by atoms with van der Waals surface area (Å²) in [5, 5.41) is 11.8. The first kappa shape index (κ1) is 11.3. The summed E-state index contributed by atoms with van der Waals surface area (Å²) < 4.78 is 13.3. The number of hydrogen-bond donors (Lipinski definition) is 2. The molecule has 96 valence electrons. The predicted molar refractivity (Wildman–Crippen MR) is 67.4 cm³/mol. The third-order valence-corrected chi connectivity index (χ3v) is 4.06. The molecule has 1 heterocycles. The molecule has 1 saturated heterocycles. The summed E-state index contributed by atoms with van der Waals surface area (Å²) in [4.78, 5) is 2.26. The van der Waals surface area contributed by atoms with Gasteiger partial charge in [-0.05, 0) is 43.4 Å². The molecule has 2 aliphatic rings. The maximum Gasteiger partial charge on any atom is 0.172 e. The zero-order valence-electron chi connectivity index (χ0n) is 10.0. The largest absolute Gasteiger partial charge is 0.409 e. The summed E-state index contributed by atoms with van der Waals surface area (Å²) in [7, 11) is 0. The lowest BCUT2D eigenvalue weighted by molar-refractivity contribution is 0.318. The topological polar surface area (TPSA) is 61.9 Å². The Hall–Kier alpha value is -1.78. The molecular formula is C13H16FN3O. The van der Waals surface area contributed by atoms with E-state index in [0.29, 0.717) is 11.6 Å². The molecule has 2 unspecified atom stereocenters. The molecule has 0 amide bonds. The molecule has 4 nitrogen and oxygen atoms in total. The van der Waals surface area contributed by atoms with Crippen LogP contribution in [-0.4, -0.2) is 23.6 Å². The minimum atomic E-state index is -0.371. The monoisotopic (exact) mass is 249 g/mol. The highest BCUT2D eigenvalue weighted by atomic mass is 19.1. The molecule has 0 aromatic heterocycles. The molecule has 1 aliphatic heterocycles. The molecule has 0 radical (unpaired) electrons. The highest BCUT2D eigenvalue weighted by Crippen LogP contribution is 2.41. The van der Waals surface area contributed by atoms with Gasteiger partial charge in [0.15, 0.2) is 5.84 Å². The lowest BCUT2D eigenvalue weighted by atomic mass is 10.1. The molecule has 0 spiro atoms. The molecule has 1 aliphatic carbocycles. The van der Waals surface area contributed by atoms with Gasteiger partial charge in [0, 0.05) is 23.8 Å². The highest BCUT2D eigenvalue weighted by Gasteiger charge is 2.38. The van der Waals surface area contributed by atoms with Gasteiger partial charge in [-0.3, -0.25) is 0 Å². The third kappa shape index (κ3) is 1.70. The van der Waals surface area contributed by atoms with Gasteiger partial charge in [-0.15, -0.1) is 0 Å². The van der Waals surface area contributed by atoms with Crippen molar-refractivity contribution in [1.29, 1.82) is 0 Å². The summed E-state index contributed by atoms with van der Waals surface area (Å²) in [5.74, 6) is 0.331. The van der Waals surface area contributed by atoms with Crippen LogP contribution in [0.15, 0.2) is 23.4 Å². The van der Waals surface area contributed by atoms with Crippen molar-refractivity contribution in [1.82, 2.24) is 0 Å². The van der Waals surface area contributed by atoms with Crippen molar-refractivity contribution < 1.29 is 9.60 Å². The Balaban J connectivity index is 2.01. The van der Waals surface area contributed by atoms with Gasteiger partial charge in [-0.1, -0.05) is 5.16 Å². The summed E-state index contributed by atoms with van der Waals surface area (Å²) in [5.41, 5.74) is 6.99. The van der Waals surface area contributed by atoms with E-state index in [4.69, 9.17) is 10.9 Å². The van der Waals surface area contributed by atoms with E-state index in [1.54, 1.807) is 6.07 Å². The Bertz CT molecular complexity index is 503. The second-order valence-electron chi connectivity index (χ2n) is 5.13. The quantitative estimate of drug-likeness (QED) is 0.364. The lowest BCUT2D eigenvalue weighted by Gasteiger charge is -2.30. The van der Waals surface area contributed by atoms with Gasteiger partial charge in [0.2, 0.25) is 0 Å². The van der Waals surface area contributed by atoms with Crippen molar-refractivity contribution in [3.05, 3.63) is 29.6 Å². The predicted octanol–water partition coefficient (Wildman–Crippen LogP) is 1.91. The van der Waals surface area contributed by atoms with Crippen LogP contribution in [0.25, 0.3) is 0 Å². The molecule has 1 saturated carbocycles. The van der Waals surface area contributed by atoms with Crippen molar-refractivity contribution in [3.8, 4) is 0 Å². The fourth-order valence-corrected chi connectivity index (χ4v) is 3.24. The molecular weight excluding hydrogens is 233 g/mol. The van der Waals surface area contributed by atoms with Crippen molar-refractivity contribution in [3.63, 3.8) is 0 Å². The average molecular weight is 249 g/mol. The van der Waals surface area contributed by atoms with E-state index in [-0.39, 0.29) is 11.7 Å². The first-order valence-electron chi connectivity index (χ1n) is 6.23. The minimum absolute atomic E-state index is 0.0349. The van der Waals surface area contributed by atoms with Gasteiger partial charge >= 0.3 is 0 Å². The molecule has 5 heteroatoms.